The summed E-state index contributed by atoms with van der Waals surface area (Å²) in [5.74, 6) is 0.0948. The molecule has 0 saturated heterocycles. The molecule has 0 unspecified atom stereocenters. The minimum absolute atomic E-state index is 0.0948. The zero-order valence-corrected chi connectivity index (χ0v) is 10.3. The molecule has 0 spiro atoms. The van der Waals surface area contributed by atoms with Crippen LogP contribution in [0, 0.1) is 11.3 Å². The first-order chi connectivity index (χ1) is 9.70. The highest BCUT2D eigenvalue weighted by Gasteiger charge is 2.15. The monoisotopic (exact) mass is 263 g/mol. The Morgan fingerprint density at radius 2 is 1.75 bits per heavy atom. The highest BCUT2D eigenvalue weighted by atomic mass is 16.4. The number of hydrogen-bond acceptors (Lipinski definition) is 4. The molecule has 0 atom stereocenters. The standard InChI is InChI=1S/C16H9NO3/c17-9-13-12-3-1-2-4-14(12)20-16(19)15(13)10-5-7-11(18)8-6-10/h1-8,18H. The Labute approximate surface area is 114 Å². The average molecular weight is 263 g/mol. The lowest BCUT2D eigenvalue weighted by atomic mass is 9.99. The van der Waals surface area contributed by atoms with Gasteiger partial charge in [0.05, 0.1) is 11.1 Å². The number of fused-ring (bicyclic) bond motifs is 1. The average Bonchev–Trinajstić information content (AvgIpc) is 2.47. The second kappa shape index (κ2) is 4.56. The molecule has 2 aromatic carbocycles. The number of aromatic hydroxyl groups is 1. The smallest absolute Gasteiger partial charge is 0.345 e. The Hall–Kier alpha value is -3.06. The third kappa shape index (κ3) is 1.82. The minimum atomic E-state index is -0.564. The number of nitrogens with zero attached hydrogens (tertiary/aromatic N) is 1. The van der Waals surface area contributed by atoms with E-state index < -0.39 is 5.63 Å². The van der Waals surface area contributed by atoms with Gasteiger partial charge in [0.2, 0.25) is 0 Å². The van der Waals surface area contributed by atoms with Crippen LogP contribution >= 0.6 is 0 Å². The Kier molecular flexibility index (Phi) is 2.73. The molecule has 96 valence electrons. The van der Waals surface area contributed by atoms with Gasteiger partial charge in [-0.25, -0.2) is 4.79 Å². The molecule has 0 fully saturated rings. The first kappa shape index (κ1) is 12.0. The van der Waals surface area contributed by atoms with Crippen LogP contribution in [0.4, 0.5) is 0 Å². The number of hydrogen-bond donors (Lipinski definition) is 1. The van der Waals surface area contributed by atoms with Crippen molar-refractivity contribution in [3.63, 3.8) is 0 Å². The van der Waals surface area contributed by atoms with E-state index in [0.717, 1.165) is 0 Å². The van der Waals surface area contributed by atoms with Gasteiger partial charge < -0.3 is 9.52 Å². The predicted molar refractivity (Wildman–Crippen MR) is 74.3 cm³/mol. The number of phenols is 1. The summed E-state index contributed by atoms with van der Waals surface area (Å²) in [5.41, 5.74) is 0.857. The summed E-state index contributed by atoms with van der Waals surface area (Å²) < 4.78 is 5.25. The largest absolute Gasteiger partial charge is 0.508 e. The van der Waals surface area contributed by atoms with Crippen molar-refractivity contribution in [2.45, 2.75) is 0 Å². The van der Waals surface area contributed by atoms with Crippen LogP contribution in [0.3, 0.4) is 0 Å². The molecule has 1 N–H and O–H groups in total. The van der Waals surface area contributed by atoms with Crippen LogP contribution in [0.1, 0.15) is 5.56 Å². The molecule has 1 heterocycles. The SMILES string of the molecule is N#Cc1c(-c2ccc(O)cc2)c(=O)oc2ccccc12. The lowest BCUT2D eigenvalue weighted by molar-refractivity contribution is 0.475. The van der Waals surface area contributed by atoms with Gasteiger partial charge in [-0.3, -0.25) is 0 Å². The molecule has 0 aliphatic heterocycles. The van der Waals surface area contributed by atoms with Gasteiger partial charge >= 0.3 is 5.63 Å². The van der Waals surface area contributed by atoms with Crippen LogP contribution < -0.4 is 5.63 Å². The van der Waals surface area contributed by atoms with Gasteiger partial charge in [0, 0.05) is 5.39 Å². The Bertz CT molecular complexity index is 886. The molecule has 4 nitrogen and oxygen atoms in total. The molecule has 3 rings (SSSR count). The molecule has 4 heteroatoms. The molecular formula is C16H9NO3. The number of phenolic OH excluding ortho intramolecular Hbond substituents is 1. The Balaban J connectivity index is 2.41. The van der Waals surface area contributed by atoms with Gasteiger partial charge in [-0.05, 0) is 29.8 Å². The van der Waals surface area contributed by atoms with E-state index in [1.54, 1.807) is 36.4 Å². The lowest BCUT2D eigenvalue weighted by Crippen LogP contribution is -2.06. The molecular weight excluding hydrogens is 254 g/mol. The minimum Gasteiger partial charge on any atom is -0.508 e. The Morgan fingerprint density at radius 3 is 2.45 bits per heavy atom. The van der Waals surface area contributed by atoms with E-state index >= 15 is 0 Å². The normalized spacial score (nSPS) is 10.3. The van der Waals surface area contributed by atoms with Crippen molar-refractivity contribution in [1.82, 2.24) is 0 Å². The Morgan fingerprint density at radius 1 is 1.05 bits per heavy atom. The summed E-state index contributed by atoms with van der Waals surface area (Å²) in [4.78, 5) is 12.1. The molecule has 0 amide bonds. The van der Waals surface area contributed by atoms with Gasteiger partial charge in [-0.2, -0.15) is 5.26 Å². The second-order valence-electron chi connectivity index (χ2n) is 4.29. The van der Waals surface area contributed by atoms with E-state index in [9.17, 15) is 15.2 Å². The zero-order valence-electron chi connectivity index (χ0n) is 10.3. The van der Waals surface area contributed by atoms with Crippen LogP contribution in [0.2, 0.25) is 0 Å². The van der Waals surface area contributed by atoms with Crippen LogP contribution in [-0.2, 0) is 0 Å². The molecule has 0 saturated carbocycles. The molecule has 1 aromatic heterocycles. The van der Waals surface area contributed by atoms with Crippen molar-refractivity contribution in [1.29, 1.82) is 5.26 Å². The molecule has 20 heavy (non-hydrogen) atoms. The van der Waals surface area contributed by atoms with Crippen molar-refractivity contribution in [2.24, 2.45) is 0 Å². The third-order valence-corrected chi connectivity index (χ3v) is 3.08. The predicted octanol–water partition coefficient (Wildman–Crippen LogP) is 3.04. The molecule has 0 aliphatic rings. The van der Waals surface area contributed by atoms with E-state index in [1.165, 1.54) is 12.1 Å². The maximum atomic E-state index is 12.1. The van der Waals surface area contributed by atoms with Crippen LogP contribution in [-0.4, -0.2) is 5.11 Å². The fraction of sp³-hybridized carbons (Fsp3) is 0. The maximum Gasteiger partial charge on any atom is 0.345 e. The summed E-state index contributed by atoms with van der Waals surface area (Å²) in [5, 5.41) is 19.3. The highest BCUT2D eigenvalue weighted by Crippen LogP contribution is 2.27. The first-order valence-corrected chi connectivity index (χ1v) is 5.96. The number of rotatable bonds is 1. The van der Waals surface area contributed by atoms with Crippen LogP contribution in [0.15, 0.2) is 57.7 Å². The van der Waals surface area contributed by atoms with Crippen LogP contribution in [0.25, 0.3) is 22.1 Å². The topological polar surface area (TPSA) is 74.2 Å². The third-order valence-electron chi connectivity index (χ3n) is 3.08. The van der Waals surface area contributed by atoms with E-state index in [-0.39, 0.29) is 16.9 Å². The van der Waals surface area contributed by atoms with Crippen molar-refractivity contribution < 1.29 is 9.52 Å². The summed E-state index contributed by atoms with van der Waals surface area (Å²) in [7, 11) is 0. The molecule has 3 aromatic rings. The van der Waals surface area contributed by atoms with E-state index in [2.05, 4.69) is 6.07 Å². The number of nitriles is 1. The summed E-state index contributed by atoms with van der Waals surface area (Å²) in [6.07, 6.45) is 0. The van der Waals surface area contributed by atoms with Crippen molar-refractivity contribution in [3.8, 4) is 22.9 Å². The van der Waals surface area contributed by atoms with Crippen molar-refractivity contribution in [2.75, 3.05) is 0 Å². The van der Waals surface area contributed by atoms with Gasteiger partial charge in [-0.15, -0.1) is 0 Å². The molecule has 0 radical (unpaired) electrons. The molecule has 0 bridgehead atoms. The maximum absolute atomic E-state index is 12.1. The summed E-state index contributed by atoms with van der Waals surface area (Å²) >= 11 is 0. The van der Waals surface area contributed by atoms with Crippen LogP contribution in [0.5, 0.6) is 5.75 Å². The zero-order chi connectivity index (χ0) is 14.1. The molecule has 0 aliphatic carbocycles. The summed E-state index contributed by atoms with van der Waals surface area (Å²) in [6, 6.07) is 15.1. The quantitative estimate of drug-likeness (QED) is 0.685. The first-order valence-electron chi connectivity index (χ1n) is 5.96. The van der Waals surface area contributed by atoms with Gasteiger partial charge in [0.1, 0.15) is 17.4 Å². The van der Waals surface area contributed by atoms with Crippen molar-refractivity contribution >= 4 is 11.0 Å². The van der Waals surface area contributed by atoms with E-state index in [4.69, 9.17) is 4.42 Å². The lowest BCUT2D eigenvalue weighted by Gasteiger charge is -2.06. The number of para-hydroxylation sites is 1. The highest BCUT2D eigenvalue weighted by molar-refractivity contribution is 5.89. The fourth-order valence-corrected chi connectivity index (χ4v) is 2.16. The number of benzene rings is 2. The second-order valence-corrected chi connectivity index (χ2v) is 4.29. The van der Waals surface area contributed by atoms with E-state index in [1.807, 2.05) is 0 Å². The van der Waals surface area contributed by atoms with Gasteiger partial charge in [-0.1, -0.05) is 24.3 Å². The van der Waals surface area contributed by atoms with Crippen molar-refractivity contribution in [3.05, 3.63) is 64.5 Å². The van der Waals surface area contributed by atoms with Gasteiger partial charge in [0.25, 0.3) is 0 Å². The van der Waals surface area contributed by atoms with Gasteiger partial charge in [0.15, 0.2) is 0 Å². The fourth-order valence-electron chi connectivity index (χ4n) is 2.16. The summed E-state index contributed by atoms with van der Waals surface area (Å²) in [6.45, 7) is 0. The van der Waals surface area contributed by atoms with E-state index in [0.29, 0.717) is 16.5 Å².